The standard InChI is InChI=1S/C19H28N2O5S/c1-5-26-19(23)16-7-6-12-21(13-16)27(24,25)17-10-8-15(9-11-17)18(22)20(4)14(2)3/h8-11,14,16H,5-7,12-13H2,1-4H3/t16-/m1/s1. The van der Waals surface area contributed by atoms with E-state index in [1.807, 2.05) is 13.8 Å². The van der Waals surface area contributed by atoms with Crippen molar-refractivity contribution in [2.75, 3.05) is 26.7 Å². The van der Waals surface area contributed by atoms with Gasteiger partial charge in [-0.25, -0.2) is 8.42 Å². The van der Waals surface area contributed by atoms with Crippen LogP contribution in [0.25, 0.3) is 0 Å². The van der Waals surface area contributed by atoms with E-state index < -0.39 is 15.9 Å². The number of hydrogen-bond donors (Lipinski definition) is 0. The number of esters is 1. The summed E-state index contributed by atoms with van der Waals surface area (Å²) in [4.78, 5) is 26.0. The molecule has 0 spiro atoms. The number of hydrogen-bond acceptors (Lipinski definition) is 5. The van der Waals surface area contributed by atoms with Crippen LogP contribution in [0.5, 0.6) is 0 Å². The van der Waals surface area contributed by atoms with Crippen LogP contribution >= 0.6 is 0 Å². The third-order valence-corrected chi connectivity index (χ3v) is 6.72. The van der Waals surface area contributed by atoms with Crippen molar-refractivity contribution in [3.05, 3.63) is 29.8 Å². The van der Waals surface area contributed by atoms with Gasteiger partial charge < -0.3 is 9.64 Å². The van der Waals surface area contributed by atoms with E-state index in [-0.39, 0.29) is 36.0 Å². The number of carbonyl (C=O) groups is 2. The van der Waals surface area contributed by atoms with Crippen LogP contribution in [0.4, 0.5) is 0 Å². The fourth-order valence-corrected chi connectivity index (χ4v) is 4.49. The molecule has 1 saturated heterocycles. The summed E-state index contributed by atoms with van der Waals surface area (Å²) < 4.78 is 32.2. The van der Waals surface area contributed by atoms with Gasteiger partial charge in [-0.3, -0.25) is 9.59 Å². The Kier molecular flexibility index (Phi) is 7.00. The lowest BCUT2D eigenvalue weighted by Crippen LogP contribution is -2.42. The van der Waals surface area contributed by atoms with Gasteiger partial charge in [0.1, 0.15) is 0 Å². The summed E-state index contributed by atoms with van der Waals surface area (Å²) in [6.07, 6.45) is 1.23. The van der Waals surface area contributed by atoms with Crippen LogP contribution in [-0.2, 0) is 19.6 Å². The Balaban J connectivity index is 2.16. The van der Waals surface area contributed by atoms with Gasteiger partial charge in [0, 0.05) is 31.7 Å². The molecule has 8 heteroatoms. The monoisotopic (exact) mass is 396 g/mol. The van der Waals surface area contributed by atoms with Gasteiger partial charge >= 0.3 is 5.97 Å². The van der Waals surface area contributed by atoms with E-state index in [2.05, 4.69) is 0 Å². The molecule has 1 aromatic rings. The Morgan fingerprint density at radius 1 is 1.26 bits per heavy atom. The molecule has 1 atom stereocenters. The van der Waals surface area contributed by atoms with E-state index in [0.717, 1.165) is 0 Å². The zero-order chi connectivity index (χ0) is 20.2. The number of rotatable bonds is 6. The van der Waals surface area contributed by atoms with Crippen LogP contribution in [0, 0.1) is 5.92 Å². The van der Waals surface area contributed by atoms with Crippen molar-refractivity contribution in [2.24, 2.45) is 5.92 Å². The fourth-order valence-electron chi connectivity index (χ4n) is 2.97. The number of benzene rings is 1. The molecule has 1 aliphatic rings. The molecule has 0 unspecified atom stereocenters. The van der Waals surface area contributed by atoms with Gasteiger partial charge in [-0.05, 0) is 57.9 Å². The largest absolute Gasteiger partial charge is 0.466 e. The van der Waals surface area contributed by atoms with Crippen molar-refractivity contribution in [3.8, 4) is 0 Å². The Hall–Kier alpha value is -1.93. The van der Waals surface area contributed by atoms with Crippen molar-refractivity contribution < 1.29 is 22.7 Å². The Morgan fingerprint density at radius 3 is 2.44 bits per heavy atom. The van der Waals surface area contributed by atoms with Gasteiger partial charge in [0.25, 0.3) is 5.91 Å². The summed E-state index contributed by atoms with van der Waals surface area (Å²) >= 11 is 0. The SMILES string of the molecule is CCOC(=O)[C@@H]1CCCN(S(=O)(=O)c2ccc(C(=O)N(C)C(C)C)cc2)C1. The highest BCUT2D eigenvalue weighted by Crippen LogP contribution is 2.25. The Bertz CT molecular complexity index is 774. The zero-order valence-corrected chi connectivity index (χ0v) is 17.2. The molecule has 0 bridgehead atoms. The number of amides is 1. The highest BCUT2D eigenvalue weighted by Gasteiger charge is 2.34. The molecule has 0 aliphatic carbocycles. The molecule has 1 amide bonds. The highest BCUT2D eigenvalue weighted by atomic mass is 32.2. The average Bonchev–Trinajstić information content (AvgIpc) is 2.67. The normalized spacial score (nSPS) is 18.3. The van der Waals surface area contributed by atoms with Gasteiger partial charge in [0.15, 0.2) is 0 Å². The summed E-state index contributed by atoms with van der Waals surface area (Å²) in [6, 6.07) is 6.01. The summed E-state index contributed by atoms with van der Waals surface area (Å²) in [5.41, 5.74) is 0.438. The maximum atomic E-state index is 12.9. The van der Waals surface area contributed by atoms with E-state index in [9.17, 15) is 18.0 Å². The summed E-state index contributed by atoms with van der Waals surface area (Å²) in [7, 11) is -2.01. The molecule has 0 radical (unpaired) electrons. The first-order chi connectivity index (χ1) is 12.7. The lowest BCUT2D eigenvalue weighted by atomic mass is 10.0. The molecule has 1 fully saturated rings. The van der Waals surface area contributed by atoms with Gasteiger partial charge in [-0.1, -0.05) is 0 Å². The van der Waals surface area contributed by atoms with Crippen molar-refractivity contribution >= 4 is 21.9 Å². The summed E-state index contributed by atoms with van der Waals surface area (Å²) in [6.45, 7) is 6.32. The highest BCUT2D eigenvalue weighted by molar-refractivity contribution is 7.89. The minimum absolute atomic E-state index is 0.0501. The molecule has 0 saturated carbocycles. The van der Waals surface area contributed by atoms with E-state index in [1.54, 1.807) is 18.9 Å². The second-order valence-electron chi connectivity index (χ2n) is 6.99. The van der Waals surface area contributed by atoms with Crippen LogP contribution < -0.4 is 0 Å². The van der Waals surface area contributed by atoms with Crippen molar-refractivity contribution in [3.63, 3.8) is 0 Å². The second-order valence-corrected chi connectivity index (χ2v) is 8.93. The number of carbonyl (C=O) groups excluding carboxylic acids is 2. The topological polar surface area (TPSA) is 84.0 Å². The van der Waals surface area contributed by atoms with Crippen LogP contribution in [0.1, 0.15) is 44.0 Å². The second kappa shape index (κ2) is 8.84. The predicted molar refractivity (Wildman–Crippen MR) is 102 cm³/mol. The molecular weight excluding hydrogens is 368 g/mol. The smallest absolute Gasteiger partial charge is 0.310 e. The zero-order valence-electron chi connectivity index (χ0n) is 16.3. The number of piperidine rings is 1. The first-order valence-electron chi connectivity index (χ1n) is 9.22. The fraction of sp³-hybridized carbons (Fsp3) is 0.579. The third kappa shape index (κ3) is 4.87. The first kappa shape index (κ1) is 21.4. The minimum atomic E-state index is -3.72. The molecule has 27 heavy (non-hydrogen) atoms. The lowest BCUT2D eigenvalue weighted by Gasteiger charge is -2.30. The molecule has 1 aliphatic heterocycles. The molecule has 2 rings (SSSR count). The van der Waals surface area contributed by atoms with E-state index >= 15 is 0 Å². The maximum absolute atomic E-state index is 12.9. The quantitative estimate of drug-likeness (QED) is 0.688. The van der Waals surface area contributed by atoms with Crippen LogP contribution in [0.15, 0.2) is 29.2 Å². The average molecular weight is 397 g/mol. The molecule has 1 aromatic carbocycles. The number of nitrogens with zero attached hydrogens (tertiary/aromatic N) is 2. The van der Waals surface area contributed by atoms with Gasteiger partial charge in [0.05, 0.1) is 17.4 Å². The summed E-state index contributed by atoms with van der Waals surface area (Å²) in [5.74, 6) is -0.946. The van der Waals surface area contributed by atoms with Crippen LogP contribution in [0.2, 0.25) is 0 Å². The third-order valence-electron chi connectivity index (χ3n) is 4.84. The summed E-state index contributed by atoms with van der Waals surface area (Å²) in [5, 5.41) is 0. The molecule has 0 N–H and O–H groups in total. The van der Waals surface area contributed by atoms with Crippen LogP contribution in [0.3, 0.4) is 0 Å². The number of sulfonamides is 1. The molecule has 7 nitrogen and oxygen atoms in total. The molecule has 150 valence electrons. The van der Waals surface area contributed by atoms with E-state index in [4.69, 9.17) is 4.74 Å². The molecular formula is C19H28N2O5S. The van der Waals surface area contributed by atoms with Crippen molar-refractivity contribution in [1.82, 2.24) is 9.21 Å². The lowest BCUT2D eigenvalue weighted by molar-refractivity contribution is -0.149. The van der Waals surface area contributed by atoms with Crippen molar-refractivity contribution in [2.45, 2.75) is 44.6 Å². The Morgan fingerprint density at radius 2 is 1.89 bits per heavy atom. The van der Waals surface area contributed by atoms with E-state index in [0.29, 0.717) is 24.9 Å². The van der Waals surface area contributed by atoms with Crippen molar-refractivity contribution in [1.29, 1.82) is 0 Å². The van der Waals surface area contributed by atoms with Gasteiger partial charge in [-0.15, -0.1) is 0 Å². The van der Waals surface area contributed by atoms with Crippen LogP contribution in [-0.4, -0.2) is 62.3 Å². The first-order valence-corrected chi connectivity index (χ1v) is 10.7. The Labute approximate surface area is 161 Å². The molecule has 1 heterocycles. The van der Waals surface area contributed by atoms with E-state index in [1.165, 1.54) is 28.6 Å². The minimum Gasteiger partial charge on any atom is -0.466 e. The predicted octanol–water partition coefficient (Wildman–Crippen LogP) is 2.13. The van der Waals surface area contributed by atoms with Gasteiger partial charge in [0.2, 0.25) is 10.0 Å². The van der Waals surface area contributed by atoms with Gasteiger partial charge in [-0.2, -0.15) is 4.31 Å². The maximum Gasteiger partial charge on any atom is 0.310 e. The number of ether oxygens (including phenoxy) is 1. The molecule has 0 aromatic heterocycles.